The second-order valence-corrected chi connectivity index (χ2v) is 10.3. The van der Waals surface area contributed by atoms with Crippen molar-refractivity contribution in [3.05, 3.63) is 57.1 Å². The Labute approximate surface area is 196 Å². The first-order valence-electron chi connectivity index (χ1n) is 8.99. The number of aromatic nitrogens is 1. The Morgan fingerprint density at radius 3 is 2.59 bits per heavy atom. The highest BCUT2D eigenvalue weighted by Gasteiger charge is 2.36. The van der Waals surface area contributed by atoms with Crippen molar-refractivity contribution in [2.24, 2.45) is 4.99 Å². The van der Waals surface area contributed by atoms with E-state index in [-0.39, 0.29) is 17.6 Å². The molecule has 1 aliphatic heterocycles. The van der Waals surface area contributed by atoms with Gasteiger partial charge in [-0.3, -0.25) is 15.1 Å². The molecule has 34 heavy (non-hydrogen) atoms. The van der Waals surface area contributed by atoms with E-state index in [0.717, 1.165) is 11.3 Å². The zero-order valence-corrected chi connectivity index (χ0v) is 18.8. The summed E-state index contributed by atoms with van der Waals surface area (Å²) in [5.74, 6) is -1.07. The Bertz CT molecular complexity index is 1470. The molecule has 10 nitrogen and oxygen atoms in total. The number of carboxylic acid groups (broad SMARTS) is 1. The number of benzene rings is 2. The summed E-state index contributed by atoms with van der Waals surface area (Å²) >= 11 is 2.31. The van der Waals surface area contributed by atoms with Gasteiger partial charge >= 0.3 is 22.3 Å². The first-order chi connectivity index (χ1) is 15.8. The predicted octanol–water partition coefficient (Wildman–Crippen LogP) is 3.94. The molecule has 3 aromatic rings. The van der Waals surface area contributed by atoms with Gasteiger partial charge in [0.2, 0.25) is 0 Å². The molecule has 0 radical (unpaired) electrons. The molecule has 1 N–H and O–H groups in total. The Morgan fingerprint density at radius 2 is 1.97 bits per heavy atom. The van der Waals surface area contributed by atoms with Crippen molar-refractivity contribution in [2.45, 2.75) is 17.1 Å². The summed E-state index contributed by atoms with van der Waals surface area (Å²) in [7, 11) is -4.86. The highest BCUT2D eigenvalue weighted by atomic mass is 32.2. The van der Waals surface area contributed by atoms with E-state index in [4.69, 9.17) is 9.29 Å². The zero-order chi connectivity index (χ0) is 24.8. The lowest BCUT2D eigenvalue weighted by Gasteiger charge is -2.10. The number of halogens is 3. The molecule has 178 valence electrons. The fourth-order valence-electron chi connectivity index (χ4n) is 2.89. The number of nitrogens with zero attached hydrogens (tertiary/aromatic N) is 3. The summed E-state index contributed by atoms with van der Waals surface area (Å²) in [5, 5.41) is 21.1. The topological polar surface area (TPSA) is 149 Å². The Hall–Kier alpha value is -3.24. The van der Waals surface area contributed by atoms with Crippen molar-refractivity contribution in [1.82, 2.24) is 4.98 Å². The van der Waals surface area contributed by atoms with E-state index >= 15 is 0 Å². The van der Waals surface area contributed by atoms with Crippen molar-refractivity contribution in [2.75, 3.05) is 5.75 Å². The molecular formula is C18H10F3N3O7S3. The first kappa shape index (κ1) is 23.9. The lowest BCUT2D eigenvalue weighted by Crippen LogP contribution is -2.17. The van der Waals surface area contributed by atoms with Gasteiger partial charge in [-0.1, -0.05) is 0 Å². The van der Waals surface area contributed by atoms with Crippen LogP contribution in [0, 0.1) is 10.1 Å². The van der Waals surface area contributed by atoms with Gasteiger partial charge in [-0.15, -0.1) is 23.1 Å². The van der Waals surface area contributed by atoms with E-state index in [2.05, 4.69) is 9.98 Å². The molecule has 0 aliphatic carbocycles. The number of rotatable bonds is 6. The number of aliphatic carboxylic acids is 1. The van der Waals surface area contributed by atoms with E-state index in [0.29, 0.717) is 32.4 Å². The summed E-state index contributed by atoms with van der Waals surface area (Å²) in [4.78, 5) is 28.4. The minimum atomic E-state index is -4.91. The van der Waals surface area contributed by atoms with Crippen LogP contribution in [0.25, 0.3) is 10.2 Å². The number of thioether (sulfide) groups is 1. The number of nitro groups is 1. The van der Waals surface area contributed by atoms with Crippen molar-refractivity contribution in [3.8, 4) is 5.75 Å². The maximum absolute atomic E-state index is 12.9. The molecular weight excluding hydrogens is 523 g/mol. The van der Waals surface area contributed by atoms with Crippen LogP contribution in [0.2, 0.25) is 0 Å². The molecule has 0 fully saturated rings. The van der Waals surface area contributed by atoms with Gasteiger partial charge in [-0.05, 0) is 24.3 Å². The van der Waals surface area contributed by atoms with E-state index < -0.39 is 49.4 Å². The van der Waals surface area contributed by atoms with Crippen LogP contribution >= 0.6 is 23.1 Å². The van der Waals surface area contributed by atoms with Crippen molar-refractivity contribution < 1.29 is 40.6 Å². The Balaban J connectivity index is 1.65. The summed E-state index contributed by atoms with van der Waals surface area (Å²) in [6.45, 7) is 0. The normalized spacial score (nSPS) is 16.4. The molecule has 1 unspecified atom stereocenters. The van der Waals surface area contributed by atoms with Gasteiger partial charge in [0.05, 0.1) is 20.7 Å². The summed E-state index contributed by atoms with van der Waals surface area (Å²) < 4.78 is 69.3. The van der Waals surface area contributed by atoms with Gasteiger partial charge in [0.25, 0.3) is 5.69 Å². The average Bonchev–Trinajstić information content (AvgIpc) is 3.39. The number of hydrogen-bond donors (Lipinski definition) is 1. The highest BCUT2D eigenvalue weighted by molar-refractivity contribution is 8.15. The SMILES string of the molecule is O=C(O)C1CSC(c2nc3ccc(OS(=O)(=O)c4ccc(C(F)(F)F)cc4[N+](=O)[O-])cc3s2)=N1. The number of aliphatic imine (C=N–C) groups is 1. The summed E-state index contributed by atoms with van der Waals surface area (Å²) in [6, 6.07) is 4.04. The van der Waals surface area contributed by atoms with Gasteiger partial charge in [0.15, 0.2) is 10.9 Å². The molecule has 4 rings (SSSR count). The lowest BCUT2D eigenvalue weighted by atomic mass is 10.2. The fraction of sp³-hybridized carbons (Fsp3) is 0.167. The van der Waals surface area contributed by atoms with Crippen LogP contribution in [0.5, 0.6) is 5.75 Å². The van der Waals surface area contributed by atoms with E-state index in [1.54, 1.807) is 0 Å². The summed E-state index contributed by atoms with van der Waals surface area (Å²) in [5.41, 5.74) is -2.22. The minimum absolute atomic E-state index is 0.124. The van der Waals surface area contributed by atoms with E-state index in [1.165, 1.54) is 30.0 Å². The summed E-state index contributed by atoms with van der Waals surface area (Å²) in [6.07, 6.45) is -4.91. The van der Waals surface area contributed by atoms with Crippen LogP contribution in [0.3, 0.4) is 0 Å². The first-order valence-corrected chi connectivity index (χ1v) is 12.2. The third-order valence-electron chi connectivity index (χ3n) is 4.44. The number of fused-ring (bicyclic) bond motifs is 1. The molecule has 1 aromatic heterocycles. The van der Waals surface area contributed by atoms with Crippen LogP contribution in [-0.2, 0) is 21.1 Å². The average molecular weight is 533 g/mol. The van der Waals surface area contributed by atoms with Gasteiger partial charge < -0.3 is 9.29 Å². The number of carbonyl (C=O) groups is 1. The largest absolute Gasteiger partial charge is 0.480 e. The second-order valence-electron chi connectivity index (χ2n) is 6.72. The Kier molecular flexibility index (Phi) is 5.99. The standard InChI is InChI=1S/C18H10F3N3O7S3/c19-18(20,21)8-1-4-14(12(5-8)24(27)28)34(29,30)31-9-2-3-10-13(6-9)33-16(22-10)15-23-11(7-32-15)17(25)26/h1-6,11H,7H2,(H,25,26). The predicted molar refractivity (Wildman–Crippen MR) is 116 cm³/mol. The smallest absolute Gasteiger partial charge is 0.416 e. The van der Waals surface area contributed by atoms with Crippen molar-refractivity contribution >= 4 is 60.1 Å². The van der Waals surface area contributed by atoms with Crippen molar-refractivity contribution in [1.29, 1.82) is 0 Å². The maximum Gasteiger partial charge on any atom is 0.416 e. The fourth-order valence-corrected chi connectivity index (χ4v) is 6.05. The molecule has 0 spiro atoms. The number of alkyl halides is 3. The molecule has 2 heterocycles. The lowest BCUT2D eigenvalue weighted by molar-refractivity contribution is -0.388. The minimum Gasteiger partial charge on any atom is -0.480 e. The monoisotopic (exact) mass is 533 g/mol. The van der Waals surface area contributed by atoms with Crippen molar-refractivity contribution in [3.63, 3.8) is 0 Å². The maximum atomic E-state index is 12.9. The van der Waals surface area contributed by atoms with E-state index in [9.17, 15) is 36.5 Å². The molecule has 1 aliphatic rings. The molecule has 0 saturated carbocycles. The Morgan fingerprint density at radius 1 is 1.24 bits per heavy atom. The van der Waals surface area contributed by atoms with Crippen LogP contribution in [0.15, 0.2) is 46.3 Å². The molecule has 0 amide bonds. The van der Waals surface area contributed by atoms with Gasteiger partial charge in [0.1, 0.15) is 15.8 Å². The highest BCUT2D eigenvalue weighted by Crippen LogP contribution is 2.36. The molecule has 16 heteroatoms. The van der Waals surface area contributed by atoms with E-state index in [1.807, 2.05) is 0 Å². The van der Waals surface area contributed by atoms with Crippen LogP contribution in [0.4, 0.5) is 18.9 Å². The van der Waals surface area contributed by atoms with Gasteiger partial charge in [-0.25, -0.2) is 9.78 Å². The quantitative estimate of drug-likeness (QED) is 0.282. The zero-order valence-electron chi connectivity index (χ0n) is 16.3. The van der Waals surface area contributed by atoms with Gasteiger partial charge in [-0.2, -0.15) is 21.6 Å². The van der Waals surface area contributed by atoms with Crippen LogP contribution in [0.1, 0.15) is 10.6 Å². The molecule has 1 atom stereocenters. The molecule has 2 aromatic carbocycles. The number of hydrogen-bond acceptors (Lipinski definition) is 10. The van der Waals surface area contributed by atoms with Gasteiger partial charge in [0, 0.05) is 17.9 Å². The van der Waals surface area contributed by atoms with Crippen LogP contribution < -0.4 is 4.18 Å². The van der Waals surface area contributed by atoms with Crippen LogP contribution in [-0.4, -0.2) is 46.2 Å². The second kappa shape index (κ2) is 8.52. The third kappa shape index (κ3) is 4.69. The molecule has 0 bridgehead atoms. The number of carboxylic acids is 1. The molecule has 0 saturated heterocycles. The number of nitro benzene ring substituents is 1. The third-order valence-corrected chi connectivity index (χ3v) is 7.94. The number of thiazole rings is 1.